The Morgan fingerprint density at radius 1 is 0.972 bits per heavy atom. The minimum Gasteiger partial charge on any atom is -0.465 e. The Bertz CT molecular complexity index is 912. The fourth-order valence-electron chi connectivity index (χ4n) is 4.10. The number of benzene rings is 1. The van der Waals surface area contributed by atoms with E-state index >= 15 is 0 Å². The quantitative estimate of drug-likeness (QED) is 0.0557. The number of ether oxygens (including phenoxy) is 4. The molecule has 0 aliphatic heterocycles. The second kappa shape index (κ2) is 15.6. The van der Waals surface area contributed by atoms with Crippen molar-refractivity contribution in [2.24, 2.45) is 17.8 Å². The van der Waals surface area contributed by atoms with Gasteiger partial charge in [0.05, 0.1) is 18.1 Å². The van der Waals surface area contributed by atoms with Crippen LogP contribution in [0.5, 0.6) is 5.75 Å². The second-order valence-corrected chi connectivity index (χ2v) is 11.1. The third kappa shape index (κ3) is 10.3. The highest BCUT2D eigenvalue weighted by atomic mass is 33.1. The third-order valence-electron chi connectivity index (χ3n) is 5.98. The number of carbonyl (C=O) groups is 2. The molecule has 0 heterocycles. The van der Waals surface area contributed by atoms with Gasteiger partial charge in [0.1, 0.15) is 12.4 Å². The number of nitrogens with zero attached hydrogens (tertiary/aromatic N) is 1. The van der Waals surface area contributed by atoms with Gasteiger partial charge in [-0.2, -0.15) is 0 Å². The zero-order valence-electron chi connectivity index (χ0n) is 20.1. The molecule has 2 unspecified atom stereocenters. The molecule has 1 aromatic rings. The van der Waals surface area contributed by atoms with E-state index in [1.807, 2.05) is 0 Å². The molecule has 0 aromatic heterocycles. The highest BCUT2D eigenvalue weighted by Crippen LogP contribution is 2.52. The maximum Gasteiger partial charge on any atom is 0.513 e. The maximum atomic E-state index is 12.0. The molecule has 0 radical (unpaired) electrons. The molecular weight excluding hydrogens is 506 g/mol. The van der Waals surface area contributed by atoms with Crippen LogP contribution in [0.4, 0.5) is 10.5 Å². The summed E-state index contributed by atoms with van der Waals surface area (Å²) in [5.41, 5.74) is -0.0846. The van der Waals surface area contributed by atoms with Crippen LogP contribution in [0.3, 0.4) is 0 Å². The third-order valence-corrected chi connectivity index (χ3v) is 8.31. The summed E-state index contributed by atoms with van der Waals surface area (Å²) in [5.74, 6) is 9.68. The van der Waals surface area contributed by atoms with Gasteiger partial charge < -0.3 is 18.9 Å². The summed E-state index contributed by atoms with van der Waals surface area (Å²) in [6, 6.07) is 5.18. The largest absolute Gasteiger partial charge is 0.513 e. The molecule has 1 saturated carbocycles. The number of hydrogen-bond acceptors (Lipinski definition) is 10. The molecular formula is C25H31NO8S2. The minimum absolute atomic E-state index is 0.0846. The molecule has 9 nitrogen and oxygen atoms in total. The summed E-state index contributed by atoms with van der Waals surface area (Å²) >= 11 is 0. The Labute approximate surface area is 218 Å². The van der Waals surface area contributed by atoms with Crippen molar-refractivity contribution in [3.05, 3.63) is 34.4 Å². The summed E-state index contributed by atoms with van der Waals surface area (Å²) in [6.45, 7) is 1.82. The zero-order valence-corrected chi connectivity index (χ0v) is 21.7. The van der Waals surface area contributed by atoms with Crippen LogP contribution in [-0.2, 0) is 19.0 Å². The topological polar surface area (TPSA) is 114 Å². The highest BCUT2D eigenvalue weighted by Gasteiger charge is 2.49. The Hall–Kier alpha value is -2.42. The fourth-order valence-corrected chi connectivity index (χ4v) is 5.78. The molecule has 0 amide bonds. The molecule has 196 valence electrons. The van der Waals surface area contributed by atoms with Crippen molar-refractivity contribution >= 4 is 39.4 Å². The summed E-state index contributed by atoms with van der Waals surface area (Å²) in [5, 5.41) is 10.6. The molecule has 0 spiro atoms. The van der Waals surface area contributed by atoms with E-state index in [2.05, 4.69) is 11.8 Å². The van der Waals surface area contributed by atoms with Crippen molar-refractivity contribution < 1.29 is 33.5 Å². The first-order chi connectivity index (χ1) is 17.5. The zero-order chi connectivity index (χ0) is 25.6. The lowest BCUT2D eigenvalue weighted by Crippen LogP contribution is -2.12. The Kier molecular flexibility index (Phi) is 12.2. The van der Waals surface area contributed by atoms with Crippen LogP contribution in [0.15, 0.2) is 24.3 Å². The van der Waals surface area contributed by atoms with Crippen molar-refractivity contribution in [3.63, 3.8) is 0 Å². The van der Waals surface area contributed by atoms with Crippen molar-refractivity contribution in [2.75, 3.05) is 37.9 Å². The number of hydrogen-bond donors (Lipinski definition) is 0. The average molecular weight is 538 g/mol. The average Bonchev–Trinajstić information content (AvgIpc) is 3.50. The van der Waals surface area contributed by atoms with Crippen LogP contribution in [0.1, 0.15) is 38.5 Å². The van der Waals surface area contributed by atoms with Gasteiger partial charge in [-0.25, -0.2) is 4.79 Å². The van der Waals surface area contributed by atoms with E-state index < -0.39 is 11.1 Å². The molecule has 11 heteroatoms. The standard InChI is InChI=1S/C25H31NO8S2/c27-24(33-18-23-21-6-3-1-2-4-7-22(21)23)8-5-13-31-14-16-35-36-17-15-32-25(28)34-20-11-9-19(10-12-20)26(29)30/h9-12,21-23H,3-8,13-18H2. The summed E-state index contributed by atoms with van der Waals surface area (Å²) < 4.78 is 21.0. The van der Waals surface area contributed by atoms with Gasteiger partial charge in [0.25, 0.3) is 5.69 Å². The van der Waals surface area contributed by atoms with E-state index in [9.17, 15) is 19.7 Å². The molecule has 1 fully saturated rings. The predicted molar refractivity (Wildman–Crippen MR) is 138 cm³/mol. The van der Waals surface area contributed by atoms with Gasteiger partial charge in [0.15, 0.2) is 0 Å². The van der Waals surface area contributed by atoms with Crippen LogP contribution in [-0.4, -0.2) is 55.0 Å². The highest BCUT2D eigenvalue weighted by molar-refractivity contribution is 8.76. The molecule has 0 saturated heterocycles. The van der Waals surface area contributed by atoms with E-state index in [1.165, 1.54) is 24.3 Å². The van der Waals surface area contributed by atoms with Gasteiger partial charge in [-0.1, -0.05) is 21.6 Å². The molecule has 36 heavy (non-hydrogen) atoms. The predicted octanol–water partition coefficient (Wildman–Crippen LogP) is 5.27. The number of carbonyl (C=O) groups excluding carboxylic acids is 2. The van der Waals surface area contributed by atoms with Crippen LogP contribution in [0, 0.1) is 39.7 Å². The first-order valence-corrected chi connectivity index (χ1v) is 14.6. The van der Waals surface area contributed by atoms with Crippen LogP contribution in [0.25, 0.3) is 0 Å². The summed E-state index contributed by atoms with van der Waals surface area (Å²) in [7, 11) is 3.15. The van der Waals surface area contributed by atoms with Crippen LogP contribution >= 0.6 is 21.6 Å². The van der Waals surface area contributed by atoms with E-state index in [1.54, 1.807) is 21.6 Å². The number of esters is 1. The molecule has 2 aliphatic carbocycles. The van der Waals surface area contributed by atoms with Crippen LogP contribution < -0.4 is 4.74 Å². The van der Waals surface area contributed by atoms with E-state index in [4.69, 9.17) is 18.9 Å². The summed E-state index contributed by atoms with van der Waals surface area (Å²) in [6.07, 6.45) is 4.37. The number of nitro benzene ring substituents is 1. The first kappa shape index (κ1) is 28.2. The number of fused-ring (bicyclic) bond motifs is 1. The lowest BCUT2D eigenvalue weighted by atomic mass is 10.1. The van der Waals surface area contributed by atoms with Crippen molar-refractivity contribution in [3.8, 4) is 17.6 Å². The molecule has 0 bridgehead atoms. The van der Waals surface area contributed by atoms with E-state index in [0.717, 1.165) is 31.4 Å². The lowest BCUT2D eigenvalue weighted by molar-refractivity contribution is -0.384. The molecule has 1 aromatic carbocycles. The fraction of sp³-hybridized carbons (Fsp3) is 0.600. The van der Waals surface area contributed by atoms with Crippen molar-refractivity contribution in [1.82, 2.24) is 0 Å². The Balaban J connectivity index is 1.08. The number of non-ortho nitro benzene ring substituents is 1. The smallest absolute Gasteiger partial charge is 0.465 e. The van der Waals surface area contributed by atoms with Gasteiger partial charge in [0.2, 0.25) is 0 Å². The Morgan fingerprint density at radius 2 is 1.64 bits per heavy atom. The molecule has 2 aliphatic rings. The van der Waals surface area contributed by atoms with Crippen molar-refractivity contribution in [1.29, 1.82) is 0 Å². The minimum atomic E-state index is -0.854. The van der Waals surface area contributed by atoms with Crippen molar-refractivity contribution in [2.45, 2.75) is 38.5 Å². The normalized spacial score (nSPS) is 20.1. The lowest BCUT2D eigenvalue weighted by Gasteiger charge is -2.06. The Morgan fingerprint density at radius 3 is 2.31 bits per heavy atom. The molecule has 3 rings (SSSR count). The van der Waals surface area contributed by atoms with Gasteiger partial charge in [-0.3, -0.25) is 14.9 Å². The van der Waals surface area contributed by atoms with Crippen LogP contribution in [0.2, 0.25) is 0 Å². The molecule has 2 atom stereocenters. The summed E-state index contributed by atoms with van der Waals surface area (Å²) in [4.78, 5) is 33.7. The monoisotopic (exact) mass is 537 g/mol. The first-order valence-electron chi connectivity index (χ1n) is 12.1. The maximum absolute atomic E-state index is 12.0. The van der Waals surface area contributed by atoms with Gasteiger partial charge in [-0.05, 0) is 49.1 Å². The second-order valence-electron chi connectivity index (χ2n) is 8.42. The van der Waals surface area contributed by atoms with E-state index in [0.29, 0.717) is 56.2 Å². The number of nitro groups is 1. The molecule has 0 N–H and O–H groups in total. The number of rotatable bonds is 15. The van der Waals surface area contributed by atoms with E-state index in [-0.39, 0.29) is 24.0 Å². The SMILES string of the molecule is O=C(CCCOCCSSCCOC(=O)Oc1ccc([N+](=O)[O-])cc1)OCC1C2CCC#CCCC21. The van der Waals surface area contributed by atoms with Gasteiger partial charge >= 0.3 is 12.1 Å². The van der Waals surface area contributed by atoms with Gasteiger partial charge in [0, 0.05) is 49.5 Å². The van der Waals surface area contributed by atoms with Gasteiger partial charge in [-0.15, -0.1) is 11.8 Å².